The van der Waals surface area contributed by atoms with E-state index in [0.717, 1.165) is 36.7 Å². The number of esters is 1. The molecular weight excluding hydrogens is 396 g/mol. The van der Waals surface area contributed by atoms with E-state index >= 15 is 0 Å². The molecule has 0 aliphatic carbocycles. The predicted molar refractivity (Wildman–Crippen MR) is 118 cm³/mol. The minimum absolute atomic E-state index is 0.0245. The standard InChI is InChI=1S/C23H28N4O4/c1-16(2)23(30)31-14-8-4-3-5-11-22(29)24-17-12-13-21(28)20(15-17)27-25-18-9-6-7-10-19(18)26-27/h6-7,9-10,12-13,15-16,28H,3-5,8,11,14H2,1-2H3,(H,24,29). The molecule has 0 atom stereocenters. The number of hydrogen-bond donors (Lipinski definition) is 2. The summed E-state index contributed by atoms with van der Waals surface area (Å²) >= 11 is 0. The SMILES string of the molecule is CC(C)C(=O)OCCCCCCC(=O)Nc1ccc(O)c(-n2nc3ccccc3n2)c1. The van der Waals surface area contributed by atoms with Gasteiger partial charge in [0.1, 0.15) is 22.5 Å². The predicted octanol–water partition coefficient (Wildman–Crippen LogP) is 4.21. The maximum absolute atomic E-state index is 12.3. The maximum Gasteiger partial charge on any atom is 0.308 e. The summed E-state index contributed by atoms with van der Waals surface area (Å²) in [6.07, 6.45) is 3.73. The van der Waals surface area contributed by atoms with E-state index in [2.05, 4.69) is 15.5 Å². The highest BCUT2D eigenvalue weighted by molar-refractivity contribution is 5.91. The Hall–Kier alpha value is -3.42. The third-order valence-corrected chi connectivity index (χ3v) is 4.78. The number of rotatable bonds is 10. The van der Waals surface area contributed by atoms with E-state index < -0.39 is 0 Å². The molecule has 8 heteroatoms. The number of carbonyl (C=O) groups excluding carboxylic acids is 2. The Balaban J connectivity index is 1.46. The van der Waals surface area contributed by atoms with Crippen molar-refractivity contribution in [3.8, 4) is 11.4 Å². The highest BCUT2D eigenvalue weighted by Crippen LogP contribution is 2.25. The lowest BCUT2D eigenvalue weighted by molar-refractivity contribution is -0.147. The van der Waals surface area contributed by atoms with Crippen LogP contribution in [0.25, 0.3) is 16.7 Å². The molecule has 0 saturated heterocycles. The molecule has 0 fully saturated rings. The van der Waals surface area contributed by atoms with Gasteiger partial charge in [-0.15, -0.1) is 15.0 Å². The Kier molecular flexibility index (Phi) is 7.59. The van der Waals surface area contributed by atoms with Crippen molar-refractivity contribution < 1.29 is 19.4 Å². The van der Waals surface area contributed by atoms with Gasteiger partial charge in [-0.05, 0) is 43.2 Å². The maximum atomic E-state index is 12.3. The molecule has 0 spiro atoms. The zero-order valence-electron chi connectivity index (χ0n) is 17.9. The van der Waals surface area contributed by atoms with Crippen LogP contribution in [-0.4, -0.2) is 38.6 Å². The minimum atomic E-state index is -0.175. The summed E-state index contributed by atoms with van der Waals surface area (Å²) < 4.78 is 5.14. The van der Waals surface area contributed by atoms with Gasteiger partial charge in [0.05, 0.1) is 12.5 Å². The van der Waals surface area contributed by atoms with Crippen LogP contribution in [0.4, 0.5) is 5.69 Å². The summed E-state index contributed by atoms with van der Waals surface area (Å²) in [4.78, 5) is 25.0. The number of nitrogens with zero attached hydrogens (tertiary/aromatic N) is 3. The number of benzene rings is 2. The highest BCUT2D eigenvalue weighted by atomic mass is 16.5. The fourth-order valence-corrected chi connectivity index (χ4v) is 3.03. The molecule has 0 aliphatic rings. The molecule has 0 unspecified atom stereocenters. The zero-order valence-corrected chi connectivity index (χ0v) is 17.9. The summed E-state index contributed by atoms with van der Waals surface area (Å²) in [6, 6.07) is 12.2. The lowest BCUT2D eigenvalue weighted by atomic mass is 10.1. The van der Waals surface area contributed by atoms with Crippen molar-refractivity contribution in [1.29, 1.82) is 0 Å². The molecule has 2 N–H and O–H groups in total. The molecule has 1 amide bonds. The van der Waals surface area contributed by atoms with Gasteiger partial charge in [0.25, 0.3) is 0 Å². The summed E-state index contributed by atoms with van der Waals surface area (Å²) in [5.74, 6) is -0.351. The van der Waals surface area contributed by atoms with Gasteiger partial charge in [-0.2, -0.15) is 0 Å². The fourth-order valence-electron chi connectivity index (χ4n) is 3.03. The highest BCUT2D eigenvalue weighted by Gasteiger charge is 2.11. The van der Waals surface area contributed by atoms with E-state index in [1.54, 1.807) is 12.1 Å². The number of amides is 1. The van der Waals surface area contributed by atoms with Gasteiger partial charge in [-0.25, -0.2) is 0 Å². The Morgan fingerprint density at radius 3 is 2.39 bits per heavy atom. The summed E-state index contributed by atoms with van der Waals surface area (Å²) in [6.45, 7) is 4.05. The van der Waals surface area contributed by atoms with Gasteiger partial charge in [-0.3, -0.25) is 9.59 Å². The van der Waals surface area contributed by atoms with E-state index in [9.17, 15) is 14.7 Å². The van der Waals surface area contributed by atoms with Gasteiger partial charge < -0.3 is 15.2 Å². The van der Waals surface area contributed by atoms with Crippen LogP contribution >= 0.6 is 0 Å². The first-order chi connectivity index (χ1) is 14.9. The largest absolute Gasteiger partial charge is 0.506 e. The molecular formula is C23H28N4O4. The van der Waals surface area contributed by atoms with Gasteiger partial charge in [0, 0.05) is 12.1 Å². The molecule has 1 heterocycles. The van der Waals surface area contributed by atoms with Gasteiger partial charge in [0.2, 0.25) is 5.91 Å². The Bertz CT molecular complexity index is 1010. The van der Waals surface area contributed by atoms with Crippen LogP contribution in [0.15, 0.2) is 42.5 Å². The Labute approximate surface area is 181 Å². The van der Waals surface area contributed by atoms with Crippen molar-refractivity contribution in [1.82, 2.24) is 15.0 Å². The molecule has 3 rings (SSSR count). The molecule has 0 bridgehead atoms. The van der Waals surface area contributed by atoms with Gasteiger partial charge >= 0.3 is 5.97 Å². The van der Waals surface area contributed by atoms with Crippen LogP contribution in [0.1, 0.15) is 46.0 Å². The van der Waals surface area contributed by atoms with Crippen molar-refractivity contribution in [2.45, 2.75) is 46.0 Å². The second-order valence-electron chi connectivity index (χ2n) is 7.72. The van der Waals surface area contributed by atoms with Crippen LogP contribution in [0.5, 0.6) is 5.75 Å². The number of nitrogens with one attached hydrogen (secondary N) is 1. The van der Waals surface area contributed by atoms with Crippen molar-refractivity contribution in [2.24, 2.45) is 5.92 Å². The number of phenols is 1. The Morgan fingerprint density at radius 1 is 1.03 bits per heavy atom. The average Bonchev–Trinajstić information content (AvgIpc) is 3.18. The third kappa shape index (κ3) is 6.28. The molecule has 0 saturated carbocycles. The number of hydrogen-bond acceptors (Lipinski definition) is 6. The molecule has 0 radical (unpaired) electrons. The number of fused-ring (bicyclic) bond motifs is 1. The molecule has 31 heavy (non-hydrogen) atoms. The van der Waals surface area contributed by atoms with E-state index in [1.807, 2.05) is 38.1 Å². The number of ether oxygens (including phenoxy) is 1. The number of aromatic hydroxyl groups is 1. The lowest BCUT2D eigenvalue weighted by Gasteiger charge is -2.09. The Morgan fingerprint density at radius 2 is 1.71 bits per heavy atom. The van der Waals surface area contributed by atoms with Crippen LogP contribution in [0.2, 0.25) is 0 Å². The first kappa shape index (κ1) is 22.3. The molecule has 0 aliphatic heterocycles. The molecule has 8 nitrogen and oxygen atoms in total. The van der Waals surface area contributed by atoms with Crippen molar-refractivity contribution in [3.63, 3.8) is 0 Å². The monoisotopic (exact) mass is 424 g/mol. The smallest absolute Gasteiger partial charge is 0.308 e. The van der Waals surface area contributed by atoms with E-state index in [0.29, 0.717) is 24.4 Å². The number of anilines is 1. The molecule has 1 aromatic heterocycles. The summed E-state index contributed by atoms with van der Waals surface area (Å²) in [5, 5.41) is 21.8. The topological polar surface area (TPSA) is 106 Å². The molecule has 2 aromatic carbocycles. The van der Waals surface area contributed by atoms with Crippen LogP contribution in [0, 0.1) is 5.92 Å². The van der Waals surface area contributed by atoms with E-state index in [4.69, 9.17) is 4.74 Å². The average molecular weight is 425 g/mol. The second-order valence-corrected chi connectivity index (χ2v) is 7.72. The summed E-state index contributed by atoms with van der Waals surface area (Å²) in [5.41, 5.74) is 2.40. The molecule has 3 aromatic rings. The number of unbranched alkanes of at least 4 members (excludes halogenated alkanes) is 3. The fraction of sp³-hybridized carbons (Fsp3) is 0.391. The van der Waals surface area contributed by atoms with Gasteiger partial charge in [-0.1, -0.05) is 38.8 Å². The number of aromatic nitrogens is 3. The van der Waals surface area contributed by atoms with Gasteiger partial charge in [0.15, 0.2) is 0 Å². The normalized spacial score (nSPS) is 11.1. The van der Waals surface area contributed by atoms with Crippen LogP contribution in [0.3, 0.4) is 0 Å². The van der Waals surface area contributed by atoms with E-state index in [1.165, 1.54) is 10.9 Å². The number of carbonyl (C=O) groups is 2. The van der Waals surface area contributed by atoms with Crippen molar-refractivity contribution >= 4 is 28.6 Å². The minimum Gasteiger partial charge on any atom is -0.506 e. The second kappa shape index (κ2) is 10.6. The van der Waals surface area contributed by atoms with Crippen molar-refractivity contribution in [3.05, 3.63) is 42.5 Å². The zero-order chi connectivity index (χ0) is 22.2. The first-order valence-corrected chi connectivity index (χ1v) is 10.6. The lowest BCUT2D eigenvalue weighted by Crippen LogP contribution is -2.12. The van der Waals surface area contributed by atoms with Crippen LogP contribution < -0.4 is 5.32 Å². The first-order valence-electron chi connectivity index (χ1n) is 10.6. The number of phenolic OH excluding ortho intramolecular Hbond substituents is 1. The van der Waals surface area contributed by atoms with E-state index in [-0.39, 0.29) is 23.5 Å². The third-order valence-electron chi connectivity index (χ3n) is 4.78. The quantitative estimate of drug-likeness (QED) is 0.287. The summed E-state index contributed by atoms with van der Waals surface area (Å²) in [7, 11) is 0. The van der Waals surface area contributed by atoms with Crippen molar-refractivity contribution in [2.75, 3.05) is 11.9 Å². The van der Waals surface area contributed by atoms with Crippen LogP contribution in [-0.2, 0) is 14.3 Å². The molecule has 164 valence electrons.